The molecule has 12 unspecified atom stereocenters. The topological polar surface area (TPSA) is 238 Å². The molecule has 0 radical (unpaired) electrons. The van der Waals surface area contributed by atoms with Gasteiger partial charge in [-0.05, 0) is 46.3 Å². The fraction of sp³-hybridized carbons (Fsp3) is 0.778. The Morgan fingerprint density at radius 1 is 0.451 bits per heavy atom. The number of epoxide rings is 8. The molecule has 0 aromatic carbocycles. The molecule has 15 heteroatoms. The van der Waals surface area contributed by atoms with Crippen molar-refractivity contribution in [1.82, 2.24) is 0 Å². The van der Waals surface area contributed by atoms with Crippen molar-refractivity contribution in [3.8, 4) is 0 Å². The fourth-order valence-corrected chi connectivity index (χ4v) is 12.7. The lowest BCUT2D eigenvalue weighted by Gasteiger charge is -2.54. The SMILES string of the molecule is NC1=C(CC2CO2)C(CC2CO2)=C(CC2CO2)C(CC2CO2)(S(=O)(=O)C2(CC3CO3)C(CC3CO3)=C(CC3CO3)C(CC3CO3)=C(N)C2N)C1N. The molecule has 8 fully saturated rings. The van der Waals surface area contributed by atoms with Crippen LogP contribution in [0.5, 0.6) is 0 Å². The van der Waals surface area contributed by atoms with Crippen LogP contribution in [-0.4, -0.2) is 132 Å². The van der Waals surface area contributed by atoms with Gasteiger partial charge in [0.15, 0.2) is 9.84 Å². The van der Waals surface area contributed by atoms with Crippen LogP contribution in [0.3, 0.4) is 0 Å². The highest BCUT2D eigenvalue weighted by molar-refractivity contribution is 7.94. The summed E-state index contributed by atoms with van der Waals surface area (Å²) < 4.78 is 77.0. The second kappa shape index (κ2) is 12.1. The van der Waals surface area contributed by atoms with E-state index >= 15 is 8.42 Å². The molecule has 0 saturated carbocycles. The van der Waals surface area contributed by atoms with Crippen LogP contribution in [0, 0.1) is 0 Å². The average molecular weight is 731 g/mol. The van der Waals surface area contributed by atoms with E-state index in [-0.39, 0.29) is 61.7 Å². The summed E-state index contributed by atoms with van der Waals surface area (Å²) in [5.74, 6) is 0. The fourth-order valence-electron chi connectivity index (χ4n) is 9.28. The van der Waals surface area contributed by atoms with Crippen LogP contribution in [0.2, 0.25) is 0 Å². The van der Waals surface area contributed by atoms with E-state index in [1.807, 2.05) is 0 Å². The van der Waals surface area contributed by atoms with E-state index in [4.69, 9.17) is 60.8 Å². The normalized spacial score (nSPS) is 45.0. The number of sulfone groups is 1. The van der Waals surface area contributed by atoms with Gasteiger partial charge >= 0.3 is 0 Å². The van der Waals surface area contributed by atoms with Crippen molar-refractivity contribution < 1.29 is 46.3 Å². The summed E-state index contributed by atoms with van der Waals surface area (Å²) in [6.45, 7) is 4.42. The first kappa shape index (κ1) is 33.7. The van der Waals surface area contributed by atoms with Crippen LogP contribution in [0.25, 0.3) is 0 Å². The van der Waals surface area contributed by atoms with Crippen LogP contribution >= 0.6 is 0 Å². The van der Waals surface area contributed by atoms with Crippen LogP contribution in [-0.2, 0) is 47.7 Å². The summed E-state index contributed by atoms with van der Waals surface area (Å²) >= 11 is 0. The highest BCUT2D eigenvalue weighted by Crippen LogP contribution is 2.59. The van der Waals surface area contributed by atoms with Crippen molar-refractivity contribution in [1.29, 1.82) is 0 Å². The molecule has 0 bridgehead atoms. The maximum absolute atomic E-state index is 16.9. The summed E-state index contributed by atoms with van der Waals surface area (Å²) in [6.07, 6.45) is 2.32. The van der Waals surface area contributed by atoms with Crippen molar-refractivity contribution >= 4 is 9.84 Å². The van der Waals surface area contributed by atoms with E-state index in [0.717, 1.165) is 33.4 Å². The Kier molecular flexibility index (Phi) is 7.96. The van der Waals surface area contributed by atoms with Gasteiger partial charge in [-0.3, -0.25) is 0 Å². The Morgan fingerprint density at radius 2 is 0.706 bits per heavy atom. The van der Waals surface area contributed by atoms with Crippen LogP contribution in [0.4, 0.5) is 0 Å². The van der Waals surface area contributed by atoms with Gasteiger partial charge in [0.25, 0.3) is 0 Å². The molecule has 8 N–H and O–H groups in total. The average Bonchev–Trinajstić information content (AvgIpc) is 3.92. The molecule has 12 atom stereocenters. The first-order chi connectivity index (χ1) is 24.6. The van der Waals surface area contributed by atoms with E-state index in [1.54, 1.807) is 0 Å². The molecule has 14 nitrogen and oxygen atoms in total. The molecule has 51 heavy (non-hydrogen) atoms. The van der Waals surface area contributed by atoms with Gasteiger partial charge in [-0.15, -0.1) is 0 Å². The maximum atomic E-state index is 16.9. The van der Waals surface area contributed by atoms with Crippen LogP contribution in [0.1, 0.15) is 51.4 Å². The lowest BCUT2D eigenvalue weighted by atomic mass is 9.70. The van der Waals surface area contributed by atoms with Crippen LogP contribution in [0.15, 0.2) is 44.8 Å². The van der Waals surface area contributed by atoms with E-state index in [1.165, 1.54) is 0 Å². The second-order valence-corrected chi connectivity index (χ2v) is 18.8. The summed E-state index contributed by atoms with van der Waals surface area (Å²) in [5.41, 5.74) is 35.0. The van der Waals surface area contributed by atoms with Gasteiger partial charge in [0.05, 0.1) is 114 Å². The van der Waals surface area contributed by atoms with Crippen LogP contribution < -0.4 is 22.9 Å². The summed E-state index contributed by atoms with van der Waals surface area (Å²) in [6, 6.07) is -2.16. The van der Waals surface area contributed by atoms with Gasteiger partial charge in [0.1, 0.15) is 9.49 Å². The quantitative estimate of drug-likeness (QED) is 0.135. The number of rotatable bonds is 18. The summed E-state index contributed by atoms with van der Waals surface area (Å²) in [5, 5.41) is 0. The van der Waals surface area contributed by atoms with Gasteiger partial charge in [-0.2, -0.15) is 0 Å². The summed E-state index contributed by atoms with van der Waals surface area (Å²) in [7, 11) is -4.50. The van der Waals surface area contributed by atoms with Gasteiger partial charge in [0, 0.05) is 49.9 Å². The number of ether oxygens (including phenoxy) is 8. The third-order valence-electron chi connectivity index (χ3n) is 12.7. The van der Waals surface area contributed by atoms with Crippen molar-refractivity contribution in [2.45, 2.75) is 122 Å². The zero-order chi connectivity index (χ0) is 34.9. The predicted octanol–water partition coefficient (Wildman–Crippen LogP) is -0.109. The van der Waals surface area contributed by atoms with E-state index in [0.29, 0.717) is 103 Å². The first-order valence-corrected chi connectivity index (χ1v) is 20.2. The largest absolute Gasteiger partial charge is 0.400 e. The molecule has 8 heterocycles. The van der Waals surface area contributed by atoms with E-state index < -0.39 is 31.4 Å². The third kappa shape index (κ3) is 6.04. The standard InChI is InChI=1S/C36H50N4O10S/c37-31-27(3-19-11-45-19)25(1-17-9-43-17)29(5-21-13-47-21)35(33(31)39,7-23-15-49-23)51(41,42)36(8-24-16-50-24)30(6-22-14-48-22)26(2-18-10-44-18)28(4-20-12-46-20)32(38)34(36)40/h17-24,33-34H,1-16,37-40H2. The molecule has 8 saturated heterocycles. The Balaban J connectivity index is 1.22. The number of hydrogen-bond acceptors (Lipinski definition) is 14. The molecular formula is C36H50N4O10S. The molecule has 10 aliphatic rings. The Morgan fingerprint density at radius 3 is 0.980 bits per heavy atom. The molecule has 0 amide bonds. The van der Waals surface area contributed by atoms with Gasteiger partial charge in [-0.1, -0.05) is 0 Å². The van der Waals surface area contributed by atoms with Crippen molar-refractivity contribution in [2.24, 2.45) is 22.9 Å². The molecule has 10 rings (SSSR count). The van der Waals surface area contributed by atoms with Crippen molar-refractivity contribution in [3.05, 3.63) is 44.8 Å². The number of hydrogen-bond donors (Lipinski definition) is 4. The molecular weight excluding hydrogens is 680 g/mol. The first-order valence-electron chi connectivity index (χ1n) is 18.7. The minimum atomic E-state index is -4.50. The third-order valence-corrected chi connectivity index (χ3v) is 15.9. The van der Waals surface area contributed by atoms with Crippen molar-refractivity contribution in [3.63, 3.8) is 0 Å². The molecule has 0 aromatic rings. The highest BCUT2D eigenvalue weighted by Gasteiger charge is 2.70. The second-order valence-electron chi connectivity index (χ2n) is 16.3. The smallest absolute Gasteiger partial charge is 0.173 e. The maximum Gasteiger partial charge on any atom is 0.173 e. The van der Waals surface area contributed by atoms with Gasteiger partial charge in [0.2, 0.25) is 0 Å². The minimum Gasteiger partial charge on any atom is -0.400 e. The zero-order valence-electron chi connectivity index (χ0n) is 28.9. The zero-order valence-corrected chi connectivity index (χ0v) is 29.7. The summed E-state index contributed by atoms with van der Waals surface area (Å²) in [4.78, 5) is 0. The lowest BCUT2D eigenvalue weighted by Crippen LogP contribution is -2.71. The Labute approximate surface area is 298 Å². The Hall–Kier alpha value is -1.89. The monoisotopic (exact) mass is 730 g/mol. The van der Waals surface area contributed by atoms with Crippen molar-refractivity contribution in [2.75, 3.05) is 52.9 Å². The van der Waals surface area contributed by atoms with Gasteiger partial charge < -0.3 is 60.8 Å². The predicted molar refractivity (Wildman–Crippen MR) is 182 cm³/mol. The minimum absolute atomic E-state index is 0.0133. The molecule has 8 aliphatic heterocycles. The Bertz CT molecular complexity index is 1600. The van der Waals surface area contributed by atoms with E-state index in [2.05, 4.69) is 0 Å². The molecule has 2 aliphatic carbocycles. The van der Waals surface area contributed by atoms with Gasteiger partial charge in [-0.25, -0.2) is 8.42 Å². The molecule has 0 aromatic heterocycles. The molecule has 0 spiro atoms. The highest BCUT2D eigenvalue weighted by atomic mass is 32.2. The molecule has 280 valence electrons. The number of nitrogens with two attached hydrogens (primary N) is 4. The van der Waals surface area contributed by atoms with E-state index in [9.17, 15) is 0 Å². The lowest BCUT2D eigenvalue weighted by molar-refractivity contribution is 0.319.